The van der Waals surface area contributed by atoms with Crippen molar-refractivity contribution in [3.05, 3.63) is 22.9 Å². The molecule has 5 nitrogen and oxygen atoms in total. The van der Waals surface area contributed by atoms with Crippen LogP contribution < -0.4 is 5.32 Å². The molecular weight excluding hydrogens is 244 g/mol. The Bertz CT molecular complexity index is 490. The van der Waals surface area contributed by atoms with Crippen LogP contribution in [0.25, 0.3) is 0 Å². The highest BCUT2D eigenvalue weighted by molar-refractivity contribution is 5.94. The molecule has 0 aliphatic heterocycles. The first-order valence-electron chi connectivity index (χ1n) is 6.48. The molecule has 1 heterocycles. The number of nitrogens with zero attached hydrogens (tertiary/aromatic N) is 1. The van der Waals surface area contributed by atoms with Gasteiger partial charge in [0.15, 0.2) is 0 Å². The number of methoxy groups -OCH3 is 1. The number of nitrogens with one attached hydrogen (secondary N) is 1. The van der Waals surface area contributed by atoms with Crippen LogP contribution in [-0.2, 0) is 4.74 Å². The summed E-state index contributed by atoms with van der Waals surface area (Å²) in [5.41, 5.74) is 1.62. The first-order valence-corrected chi connectivity index (χ1v) is 6.48. The third-order valence-corrected chi connectivity index (χ3v) is 3.83. The van der Waals surface area contributed by atoms with E-state index in [4.69, 9.17) is 4.74 Å². The van der Waals surface area contributed by atoms with E-state index >= 15 is 0 Å². The van der Waals surface area contributed by atoms with Gasteiger partial charge in [0.1, 0.15) is 11.4 Å². The lowest BCUT2D eigenvalue weighted by atomic mass is 9.80. The number of carboxylic acids is 1. The zero-order chi connectivity index (χ0) is 14.0. The van der Waals surface area contributed by atoms with Crippen molar-refractivity contribution in [2.24, 2.45) is 0 Å². The molecule has 0 bridgehead atoms. The molecule has 1 aromatic heterocycles. The van der Waals surface area contributed by atoms with Crippen molar-refractivity contribution in [2.45, 2.75) is 38.7 Å². The Kier molecular flexibility index (Phi) is 3.75. The van der Waals surface area contributed by atoms with E-state index in [2.05, 4.69) is 10.3 Å². The van der Waals surface area contributed by atoms with Crippen LogP contribution in [0.3, 0.4) is 0 Å². The summed E-state index contributed by atoms with van der Waals surface area (Å²) < 4.78 is 5.52. The van der Waals surface area contributed by atoms with Crippen molar-refractivity contribution in [1.29, 1.82) is 0 Å². The molecule has 0 unspecified atom stereocenters. The number of rotatable bonds is 5. The fourth-order valence-corrected chi connectivity index (χ4v) is 2.50. The van der Waals surface area contributed by atoms with Crippen molar-refractivity contribution in [1.82, 2.24) is 4.98 Å². The van der Waals surface area contributed by atoms with Gasteiger partial charge in [0.05, 0.1) is 5.60 Å². The lowest BCUT2D eigenvalue weighted by Crippen LogP contribution is -2.45. The number of aromatic carboxylic acids is 1. The Hall–Kier alpha value is -1.62. The number of hydrogen-bond donors (Lipinski definition) is 2. The Balaban J connectivity index is 2.21. The monoisotopic (exact) mass is 264 g/mol. The lowest BCUT2D eigenvalue weighted by Gasteiger charge is -2.40. The Labute approximate surface area is 113 Å². The third kappa shape index (κ3) is 2.71. The van der Waals surface area contributed by atoms with Gasteiger partial charge < -0.3 is 15.2 Å². The van der Waals surface area contributed by atoms with E-state index in [-0.39, 0.29) is 11.2 Å². The summed E-state index contributed by atoms with van der Waals surface area (Å²) >= 11 is 0. The molecule has 1 fully saturated rings. The molecule has 1 aliphatic carbocycles. The Morgan fingerprint density at radius 3 is 2.68 bits per heavy atom. The van der Waals surface area contributed by atoms with Crippen molar-refractivity contribution in [2.75, 3.05) is 19.0 Å². The highest BCUT2D eigenvalue weighted by Gasteiger charge is 2.37. The zero-order valence-corrected chi connectivity index (χ0v) is 11.6. The van der Waals surface area contributed by atoms with Gasteiger partial charge in [-0.2, -0.15) is 0 Å². The molecule has 5 heteroatoms. The molecule has 1 aromatic rings. The summed E-state index contributed by atoms with van der Waals surface area (Å²) in [6.45, 7) is 4.25. The molecular formula is C14H20N2O3. The quantitative estimate of drug-likeness (QED) is 0.854. The number of pyridine rings is 1. The molecule has 0 spiro atoms. The number of anilines is 1. The largest absolute Gasteiger partial charge is 0.478 e. The van der Waals surface area contributed by atoms with E-state index in [0.29, 0.717) is 12.4 Å². The lowest BCUT2D eigenvalue weighted by molar-refractivity contribution is -0.0601. The minimum Gasteiger partial charge on any atom is -0.478 e. The van der Waals surface area contributed by atoms with Gasteiger partial charge in [0.2, 0.25) is 0 Å². The Morgan fingerprint density at radius 2 is 2.21 bits per heavy atom. The van der Waals surface area contributed by atoms with E-state index in [9.17, 15) is 9.90 Å². The van der Waals surface area contributed by atoms with Gasteiger partial charge in [0.25, 0.3) is 0 Å². The molecule has 19 heavy (non-hydrogen) atoms. The van der Waals surface area contributed by atoms with E-state index in [1.54, 1.807) is 20.1 Å². The molecule has 0 atom stereocenters. The second kappa shape index (κ2) is 5.17. The number of carboxylic acid groups (broad SMARTS) is 1. The van der Waals surface area contributed by atoms with Crippen LogP contribution in [0.1, 0.15) is 40.9 Å². The number of aryl methyl sites for hydroxylation is 2. The average molecular weight is 264 g/mol. The van der Waals surface area contributed by atoms with Crippen LogP contribution in [0.4, 0.5) is 5.82 Å². The highest BCUT2D eigenvalue weighted by atomic mass is 16.5. The van der Waals surface area contributed by atoms with Crippen molar-refractivity contribution in [3.8, 4) is 0 Å². The summed E-state index contributed by atoms with van der Waals surface area (Å²) in [7, 11) is 1.70. The Morgan fingerprint density at radius 1 is 1.53 bits per heavy atom. The molecule has 104 valence electrons. The van der Waals surface area contributed by atoms with Gasteiger partial charge >= 0.3 is 5.97 Å². The first kappa shape index (κ1) is 13.8. The minimum atomic E-state index is -0.951. The van der Waals surface area contributed by atoms with E-state index < -0.39 is 5.97 Å². The van der Waals surface area contributed by atoms with Crippen LogP contribution in [0.15, 0.2) is 6.07 Å². The number of aromatic nitrogens is 1. The van der Waals surface area contributed by atoms with E-state index in [1.165, 1.54) is 0 Å². The molecule has 0 aromatic carbocycles. The summed E-state index contributed by atoms with van der Waals surface area (Å²) in [5.74, 6) is -0.513. The number of hydrogen-bond acceptors (Lipinski definition) is 4. The predicted octanol–water partition coefficient (Wildman–Crippen LogP) is 2.38. The maximum absolute atomic E-state index is 11.3. The standard InChI is InChI=1S/C14H20N2O3/c1-9-7-10(2)16-12(11(9)13(17)18)15-8-14(19-3)5-4-6-14/h7H,4-6,8H2,1-3H3,(H,15,16)(H,17,18). The predicted molar refractivity (Wildman–Crippen MR) is 72.8 cm³/mol. The molecule has 0 amide bonds. The molecule has 1 aliphatic rings. The number of ether oxygens (including phenoxy) is 1. The molecule has 0 saturated heterocycles. The van der Waals surface area contributed by atoms with Crippen LogP contribution in [0.5, 0.6) is 0 Å². The SMILES string of the molecule is COC1(CNc2nc(C)cc(C)c2C(=O)O)CCC1. The summed E-state index contributed by atoms with van der Waals surface area (Å²) in [4.78, 5) is 15.6. The maximum Gasteiger partial charge on any atom is 0.339 e. The molecule has 0 radical (unpaired) electrons. The molecule has 1 saturated carbocycles. The normalized spacial score (nSPS) is 16.8. The fourth-order valence-electron chi connectivity index (χ4n) is 2.50. The third-order valence-electron chi connectivity index (χ3n) is 3.83. The summed E-state index contributed by atoms with van der Waals surface area (Å²) in [5, 5.41) is 12.4. The maximum atomic E-state index is 11.3. The zero-order valence-electron chi connectivity index (χ0n) is 11.6. The summed E-state index contributed by atoms with van der Waals surface area (Å²) in [6.07, 6.45) is 3.16. The minimum absolute atomic E-state index is 0.158. The number of carbonyl (C=O) groups is 1. The second-order valence-corrected chi connectivity index (χ2v) is 5.20. The average Bonchev–Trinajstić information content (AvgIpc) is 2.26. The fraction of sp³-hybridized carbons (Fsp3) is 0.571. The van der Waals surface area contributed by atoms with Crippen molar-refractivity contribution in [3.63, 3.8) is 0 Å². The van der Waals surface area contributed by atoms with Gasteiger partial charge in [-0.15, -0.1) is 0 Å². The van der Waals surface area contributed by atoms with E-state index in [0.717, 1.165) is 30.5 Å². The summed E-state index contributed by atoms with van der Waals surface area (Å²) in [6, 6.07) is 1.78. The molecule has 2 N–H and O–H groups in total. The van der Waals surface area contributed by atoms with Gasteiger partial charge in [-0.3, -0.25) is 0 Å². The van der Waals surface area contributed by atoms with Gasteiger partial charge in [-0.25, -0.2) is 9.78 Å². The highest BCUT2D eigenvalue weighted by Crippen LogP contribution is 2.35. The first-order chi connectivity index (χ1) is 8.97. The molecule has 2 rings (SSSR count). The van der Waals surface area contributed by atoms with Crippen molar-refractivity contribution < 1.29 is 14.6 Å². The topological polar surface area (TPSA) is 71.5 Å². The smallest absolute Gasteiger partial charge is 0.339 e. The van der Waals surface area contributed by atoms with Gasteiger partial charge in [-0.05, 0) is 44.7 Å². The van der Waals surface area contributed by atoms with Crippen LogP contribution in [-0.4, -0.2) is 35.3 Å². The second-order valence-electron chi connectivity index (χ2n) is 5.20. The van der Waals surface area contributed by atoms with Gasteiger partial charge in [-0.1, -0.05) is 0 Å². The van der Waals surface area contributed by atoms with Gasteiger partial charge in [0, 0.05) is 19.3 Å². The van der Waals surface area contributed by atoms with Crippen LogP contribution >= 0.6 is 0 Å². The van der Waals surface area contributed by atoms with Crippen LogP contribution in [0, 0.1) is 13.8 Å². The van der Waals surface area contributed by atoms with Crippen LogP contribution in [0.2, 0.25) is 0 Å². The van der Waals surface area contributed by atoms with E-state index in [1.807, 2.05) is 6.92 Å². The van der Waals surface area contributed by atoms with Crippen molar-refractivity contribution >= 4 is 11.8 Å².